The predicted octanol–water partition coefficient (Wildman–Crippen LogP) is 9.14. The number of aromatic nitrogens is 6. The normalized spacial score (nSPS) is 13.6. The lowest BCUT2D eigenvalue weighted by molar-refractivity contribution is 0.00578. The highest BCUT2D eigenvalue weighted by atomic mass is 127. The second-order valence-corrected chi connectivity index (χ2v) is 17.2. The first-order valence-corrected chi connectivity index (χ1v) is 21.3. The molecule has 1 N–H and O–H groups in total. The molecule has 3 aromatic heterocycles. The fourth-order valence-electron chi connectivity index (χ4n) is 5.14. The van der Waals surface area contributed by atoms with E-state index in [1.807, 2.05) is 125 Å². The summed E-state index contributed by atoms with van der Waals surface area (Å²) in [4.78, 5) is 15.1. The number of methoxy groups -OCH3 is 3. The zero-order valence-electron chi connectivity index (χ0n) is 35.5. The number of aromatic amines is 1. The Labute approximate surface area is 383 Å². The first-order chi connectivity index (χ1) is 28.6. The van der Waals surface area contributed by atoms with Gasteiger partial charge in [-0.3, -0.25) is 0 Å². The van der Waals surface area contributed by atoms with Gasteiger partial charge in [0.05, 0.1) is 61.9 Å². The predicted molar refractivity (Wildman–Crippen MR) is 248 cm³/mol. The minimum absolute atomic E-state index is 0.152. The van der Waals surface area contributed by atoms with Crippen LogP contribution in [0.15, 0.2) is 101 Å². The number of rotatable bonds is 12. The number of imidazole rings is 3. The molecule has 1 saturated heterocycles. The average molecular weight is 1070 g/mol. The molecule has 0 aliphatic carbocycles. The van der Waals surface area contributed by atoms with E-state index in [1.165, 1.54) is 0 Å². The summed E-state index contributed by atoms with van der Waals surface area (Å²) in [5.41, 5.74) is 5.02. The van der Waals surface area contributed by atoms with Crippen LogP contribution in [0.3, 0.4) is 0 Å². The van der Waals surface area contributed by atoms with E-state index in [4.69, 9.17) is 37.7 Å². The monoisotopic (exact) mass is 1060 g/mol. The van der Waals surface area contributed by atoms with Crippen LogP contribution in [0.1, 0.15) is 44.8 Å². The highest BCUT2D eigenvalue weighted by Gasteiger charge is 2.52. The van der Waals surface area contributed by atoms with Crippen LogP contribution in [0.25, 0.3) is 11.4 Å². The molecule has 0 amide bonds. The van der Waals surface area contributed by atoms with Crippen molar-refractivity contribution >= 4 is 67.0 Å². The summed E-state index contributed by atoms with van der Waals surface area (Å²) in [7, 11) is 4.30. The van der Waals surface area contributed by atoms with E-state index < -0.39 is 18.3 Å². The maximum absolute atomic E-state index is 6.16. The third-order valence-electron chi connectivity index (χ3n) is 8.96. The number of benzene rings is 3. The van der Waals surface area contributed by atoms with Gasteiger partial charge in [0.15, 0.2) is 20.4 Å². The maximum atomic E-state index is 6.16. The molecule has 6 aromatic rings. The first kappa shape index (κ1) is 48.9. The second kappa shape index (κ2) is 23.5. The Morgan fingerprint density at radius 2 is 1.15 bits per heavy atom. The standard InChI is InChI=1S/C18H25BN2O4.C12H13BrN2O2.C8H8BrIO2.C4H6N2/c1-13-10-21(11-20-13)14-7-8-15(16(9-14)23-12-22-6)19-24-17(2,3)18(4,5)25-19;1-9-6-15(7-14-9)10-3-4-11(13)12(5-10)17-8-16-2;1-11-5-12-8-4-6(10)2-3-7(8)9;1-4-2-5-3-6-4/h7-11H,12H2,1-6H3;3-7H,8H2,1-2H3;2-4H,5H2,1H3;2-3H,1H3,(H,5,6). The van der Waals surface area contributed by atoms with Gasteiger partial charge in [-0.25, -0.2) is 15.0 Å². The van der Waals surface area contributed by atoms with Gasteiger partial charge >= 0.3 is 7.12 Å². The second-order valence-electron chi connectivity index (χ2n) is 14.2. The van der Waals surface area contributed by atoms with Crippen LogP contribution in [-0.2, 0) is 23.5 Å². The van der Waals surface area contributed by atoms with E-state index in [0.29, 0.717) is 5.75 Å². The summed E-state index contributed by atoms with van der Waals surface area (Å²) < 4.78 is 50.5. The van der Waals surface area contributed by atoms with E-state index in [2.05, 4.69) is 74.4 Å². The quantitative estimate of drug-likeness (QED) is 0.0714. The van der Waals surface area contributed by atoms with Crippen molar-refractivity contribution in [2.24, 2.45) is 0 Å². The molecule has 0 unspecified atom stereocenters. The number of ether oxygens (including phenoxy) is 6. The number of nitrogens with zero attached hydrogens (tertiary/aromatic N) is 5. The van der Waals surface area contributed by atoms with E-state index in [0.717, 1.165) is 57.9 Å². The molecule has 14 nitrogen and oxygen atoms in total. The van der Waals surface area contributed by atoms with Crippen molar-refractivity contribution in [2.75, 3.05) is 41.7 Å². The molecule has 1 fully saturated rings. The van der Waals surface area contributed by atoms with Gasteiger partial charge in [0, 0.05) is 66.8 Å². The van der Waals surface area contributed by atoms with Crippen LogP contribution in [0.2, 0.25) is 0 Å². The van der Waals surface area contributed by atoms with Crippen LogP contribution in [-0.4, -0.2) is 89.1 Å². The van der Waals surface area contributed by atoms with E-state index in [1.54, 1.807) is 46.5 Å². The van der Waals surface area contributed by atoms with Gasteiger partial charge < -0.3 is 51.8 Å². The molecule has 1 aliphatic rings. The minimum atomic E-state index is -0.490. The molecular weight excluding hydrogens is 1010 g/mol. The molecule has 0 bridgehead atoms. The molecule has 3 aromatic carbocycles. The number of halogens is 3. The Morgan fingerprint density at radius 1 is 0.683 bits per heavy atom. The van der Waals surface area contributed by atoms with Crippen molar-refractivity contribution in [1.82, 2.24) is 29.1 Å². The molecule has 0 atom stereocenters. The molecular formula is C42H52BBr2IN6O8. The molecule has 0 saturated carbocycles. The maximum Gasteiger partial charge on any atom is 0.498 e. The number of nitrogens with one attached hydrogen (secondary N) is 1. The number of hydrogen-bond donors (Lipinski definition) is 1. The summed E-state index contributed by atoms with van der Waals surface area (Å²) in [6.45, 7) is 14.7. The lowest BCUT2D eigenvalue weighted by Crippen LogP contribution is -2.41. The highest BCUT2D eigenvalue weighted by molar-refractivity contribution is 14.1. The third-order valence-corrected chi connectivity index (χ3v) is 10.9. The molecule has 4 heterocycles. The zero-order chi connectivity index (χ0) is 43.9. The Morgan fingerprint density at radius 3 is 1.58 bits per heavy atom. The van der Waals surface area contributed by atoms with Crippen LogP contribution in [0.5, 0.6) is 17.2 Å². The summed E-state index contributed by atoms with van der Waals surface area (Å²) >= 11 is 9.04. The summed E-state index contributed by atoms with van der Waals surface area (Å²) in [5, 5.41) is 0. The topological polar surface area (TPSA) is 138 Å². The SMILES string of the molecule is COCOc1cc(-n2cnc(C)c2)ccc1B1OC(C)(C)C(C)(C)O1.COCOc1cc(-n2cnc(C)c2)ccc1Br.COCOc1cc(I)ccc1Br.Cc1cnc[nH]1. The average Bonchev–Trinajstić information content (AvgIpc) is 4.03. The van der Waals surface area contributed by atoms with Crippen LogP contribution >= 0.6 is 54.5 Å². The van der Waals surface area contributed by atoms with Crippen LogP contribution in [0.4, 0.5) is 0 Å². The van der Waals surface area contributed by atoms with Gasteiger partial charge in [0.1, 0.15) is 17.2 Å². The molecule has 0 radical (unpaired) electrons. The number of aryl methyl sites for hydroxylation is 3. The third kappa shape index (κ3) is 14.4. The molecule has 322 valence electrons. The zero-order valence-corrected chi connectivity index (χ0v) is 40.8. The molecule has 1 aliphatic heterocycles. The first-order valence-electron chi connectivity index (χ1n) is 18.6. The highest BCUT2D eigenvalue weighted by Crippen LogP contribution is 2.37. The van der Waals surface area contributed by atoms with E-state index in [9.17, 15) is 0 Å². The Bertz CT molecular complexity index is 2200. The van der Waals surface area contributed by atoms with Crippen molar-refractivity contribution in [1.29, 1.82) is 0 Å². The van der Waals surface area contributed by atoms with E-state index >= 15 is 0 Å². The van der Waals surface area contributed by atoms with Crippen LogP contribution in [0, 0.1) is 24.3 Å². The lowest BCUT2D eigenvalue weighted by Gasteiger charge is -2.32. The van der Waals surface area contributed by atoms with Gasteiger partial charge in [-0.1, -0.05) is 6.07 Å². The summed E-state index contributed by atoms with van der Waals surface area (Å²) in [5.74, 6) is 2.23. The fraction of sp³-hybridized carbons (Fsp3) is 0.357. The van der Waals surface area contributed by atoms with E-state index in [-0.39, 0.29) is 20.4 Å². The van der Waals surface area contributed by atoms with Crippen molar-refractivity contribution in [3.05, 3.63) is 122 Å². The van der Waals surface area contributed by atoms with Gasteiger partial charge in [-0.05, 0) is 139 Å². The van der Waals surface area contributed by atoms with Crippen molar-refractivity contribution in [3.8, 4) is 28.6 Å². The largest absolute Gasteiger partial charge is 0.498 e. The fourth-order valence-corrected chi connectivity index (χ4v) is 6.33. The number of H-pyrrole nitrogens is 1. The minimum Gasteiger partial charge on any atom is -0.468 e. The molecule has 0 spiro atoms. The van der Waals surface area contributed by atoms with Gasteiger partial charge in [-0.2, -0.15) is 0 Å². The van der Waals surface area contributed by atoms with Gasteiger partial charge in [0.2, 0.25) is 0 Å². The van der Waals surface area contributed by atoms with Crippen molar-refractivity contribution in [2.45, 2.75) is 59.7 Å². The Kier molecular flexibility index (Phi) is 19.1. The Hall–Kier alpha value is -3.76. The van der Waals surface area contributed by atoms with Crippen LogP contribution < -0.4 is 19.7 Å². The lowest BCUT2D eigenvalue weighted by atomic mass is 9.78. The molecule has 60 heavy (non-hydrogen) atoms. The van der Waals surface area contributed by atoms with Gasteiger partial charge in [-0.15, -0.1) is 0 Å². The summed E-state index contributed by atoms with van der Waals surface area (Å²) in [6.07, 6.45) is 10.9. The number of hydrogen-bond acceptors (Lipinski definition) is 11. The molecule has 7 rings (SSSR count). The molecule has 18 heteroatoms. The van der Waals surface area contributed by atoms with Crippen molar-refractivity contribution < 1.29 is 37.7 Å². The Balaban J connectivity index is 0.000000195. The van der Waals surface area contributed by atoms with Gasteiger partial charge in [0.25, 0.3) is 0 Å². The summed E-state index contributed by atoms with van der Waals surface area (Å²) in [6, 6.07) is 17.7. The van der Waals surface area contributed by atoms with Crippen molar-refractivity contribution in [3.63, 3.8) is 0 Å². The smallest absolute Gasteiger partial charge is 0.468 e.